The minimum Gasteiger partial charge on any atom is -0.496 e. The maximum absolute atomic E-state index is 12.4. The molecule has 4 nitrogen and oxygen atoms in total. The number of halogens is 1. The van der Waals surface area contributed by atoms with E-state index in [0.717, 1.165) is 31.6 Å². The van der Waals surface area contributed by atoms with Crippen LogP contribution in [0.4, 0.5) is 0 Å². The van der Waals surface area contributed by atoms with Crippen molar-refractivity contribution in [1.82, 2.24) is 10.2 Å². The van der Waals surface area contributed by atoms with Gasteiger partial charge in [-0.1, -0.05) is 18.2 Å². The molecule has 5 heteroatoms. The zero-order valence-electron chi connectivity index (χ0n) is 13.1. The summed E-state index contributed by atoms with van der Waals surface area (Å²) in [6.45, 7) is 1.39. The Bertz CT molecular complexity index is 505. The van der Waals surface area contributed by atoms with E-state index in [1.165, 1.54) is 18.4 Å². The van der Waals surface area contributed by atoms with Crippen LogP contribution in [0, 0.1) is 0 Å². The maximum Gasteiger partial charge on any atom is 0.236 e. The van der Waals surface area contributed by atoms with Gasteiger partial charge in [-0.2, -0.15) is 0 Å². The highest BCUT2D eigenvalue weighted by Gasteiger charge is 2.30. The molecule has 1 atom stereocenters. The molecule has 1 heterocycles. The summed E-state index contributed by atoms with van der Waals surface area (Å²) in [4.78, 5) is 14.4. The number of benzene rings is 1. The zero-order valence-corrected chi connectivity index (χ0v) is 13.9. The number of para-hydroxylation sites is 1. The van der Waals surface area contributed by atoms with Crippen LogP contribution in [0.2, 0.25) is 0 Å². The Morgan fingerprint density at radius 1 is 1.32 bits per heavy atom. The molecule has 2 fully saturated rings. The van der Waals surface area contributed by atoms with E-state index in [0.29, 0.717) is 18.6 Å². The van der Waals surface area contributed by atoms with Gasteiger partial charge >= 0.3 is 0 Å². The molecular formula is C17H25ClN2O2. The Hall–Kier alpha value is -1.26. The number of methoxy groups -OCH3 is 1. The first kappa shape index (κ1) is 17.1. The molecule has 122 valence electrons. The topological polar surface area (TPSA) is 41.6 Å². The van der Waals surface area contributed by atoms with E-state index in [1.807, 2.05) is 18.2 Å². The third kappa shape index (κ3) is 4.14. The van der Waals surface area contributed by atoms with Gasteiger partial charge in [0.15, 0.2) is 0 Å². The van der Waals surface area contributed by atoms with Crippen molar-refractivity contribution in [2.24, 2.45) is 0 Å². The van der Waals surface area contributed by atoms with Gasteiger partial charge in [-0.3, -0.25) is 4.79 Å². The second-order valence-corrected chi connectivity index (χ2v) is 6.05. The minimum atomic E-state index is 0. The number of nitrogens with one attached hydrogen (secondary N) is 1. The predicted octanol–water partition coefficient (Wildman–Crippen LogP) is 2.40. The number of likely N-dealkylation sites (tertiary alicyclic amines) is 1. The lowest BCUT2D eigenvalue weighted by atomic mass is 10.0. The standard InChI is InChI=1S/C17H24N2O2.ClH/c1-21-16-7-3-2-5-13(16)11-15-6-4-10-19(15)17(20)12-18-14-8-9-14;/h2-3,5,7,14-15,18H,4,6,8-12H2,1H3;1H. The van der Waals surface area contributed by atoms with Gasteiger partial charge in [0, 0.05) is 18.6 Å². The highest BCUT2D eigenvalue weighted by atomic mass is 35.5. The first-order valence-electron chi connectivity index (χ1n) is 7.92. The van der Waals surface area contributed by atoms with Gasteiger partial charge < -0.3 is 15.0 Å². The molecule has 0 radical (unpaired) electrons. The lowest BCUT2D eigenvalue weighted by Crippen LogP contribution is -2.42. The smallest absolute Gasteiger partial charge is 0.236 e. The number of carbonyl (C=O) groups excluding carboxylic acids is 1. The summed E-state index contributed by atoms with van der Waals surface area (Å²) < 4.78 is 5.42. The van der Waals surface area contributed by atoms with Crippen LogP contribution in [0.3, 0.4) is 0 Å². The fourth-order valence-corrected chi connectivity index (χ4v) is 3.12. The Balaban J connectivity index is 0.00000176. The van der Waals surface area contributed by atoms with Crippen molar-refractivity contribution in [2.75, 3.05) is 20.2 Å². The van der Waals surface area contributed by atoms with Crippen molar-refractivity contribution in [3.63, 3.8) is 0 Å². The average Bonchev–Trinajstić information content (AvgIpc) is 3.23. The Morgan fingerprint density at radius 2 is 2.09 bits per heavy atom. The van der Waals surface area contributed by atoms with E-state index in [-0.39, 0.29) is 18.3 Å². The van der Waals surface area contributed by atoms with Crippen molar-refractivity contribution in [3.8, 4) is 5.75 Å². The van der Waals surface area contributed by atoms with E-state index in [9.17, 15) is 4.79 Å². The van der Waals surface area contributed by atoms with Crippen LogP contribution in [-0.2, 0) is 11.2 Å². The Kier molecular flexibility index (Phi) is 6.09. The summed E-state index contributed by atoms with van der Waals surface area (Å²) in [7, 11) is 1.70. The molecule has 0 aromatic heterocycles. The van der Waals surface area contributed by atoms with Crippen molar-refractivity contribution < 1.29 is 9.53 Å². The van der Waals surface area contributed by atoms with Crippen LogP contribution in [0.5, 0.6) is 5.75 Å². The van der Waals surface area contributed by atoms with Gasteiger partial charge in [0.05, 0.1) is 13.7 Å². The number of ether oxygens (including phenoxy) is 1. The molecule has 1 aliphatic heterocycles. The largest absolute Gasteiger partial charge is 0.496 e. The third-order valence-corrected chi connectivity index (χ3v) is 4.46. The normalized spacial score (nSPS) is 20.6. The van der Waals surface area contributed by atoms with Gasteiger partial charge in [-0.25, -0.2) is 0 Å². The lowest BCUT2D eigenvalue weighted by Gasteiger charge is -2.25. The number of amides is 1. The number of hydrogen-bond acceptors (Lipinski definition) is 3. The second kappa shape index (κ2) is 7.84. The maximum atomic E-state index is 12.4. The molecule has 1 aromatic carbocycles. The van der Waals surface area contributed by atoms with Crippen LogP contribution in [0.25, 0.3) is 0 Å². The molecule has 0 bridgehead atoms. The van der Waals surface area contributed by atoms with E-state index < -0.39 is 0 Å². The van der Waals surface area contributed by atoms with Gasteiger partial charge in [-0.15, -0.1) is 12.4 Å². The van der Waals surface area contributed by atoms with Crippen molar-refractivity contribution in [1.29, 1.82) is 0 Å². The van der Waals surface area contributed by atoms with Crippen molar-refractivity contribution in [3.05, 3.63) is 29.8 Å². The third-order valence-electron chi connectivity index (χ3n) is 4.46. The fraction of sp³-hybridized carbons (Fsp3) is 0.588. The van der Waals surface area contributed by atoms with Crippen LogP contribution in [0.1, 0.15) is 31.2 Å². The predicted molar refractivity (Wildman–Crippen MR) is 89.7 cm³/mol. The molecule has 1 aliphatic carbocycles. The number of hydrogen-bond donors (Lipinski definition) is 1. The van der Waals surface area contributed by atoms with Crippen LogP contribution >= 0.6 is 12.4 Å². The zero-order chi connectivity index (χ0) is 14.7. The first-order chi connectivity index (χ1) is 10.3. The van der Waals surface area contributed by atoms with Crippen molar-refractivity contribution >= 4 is 18.3 Å². The highest BCUT2D eigenvalue weighted by molar-refractivity contribution is 5.85. The SMILES string of the molecule is COc1ccccc1CC1CCCN1C(=O)CNC1CC1.Cl. The summed E-state index contributed by atoms with van der Waals surface area (Å²) in [6, 6.07) is 9.01. The van der Waals surface area contributed by atoms with Crippen LogP contribution in [0.15, 0.2) is 24.3 Å². The summed E-state index contributed by atoms with van der Waals surface area (Å²) in [5.41, 5.74) is 1.19. The Morgan fingerprint density at radius 3 is 2.82 bits per heavy atom. The molecule has 1 amide bonds. The monoisotopic (exact) mass is 324 g/mol. The molecule has 0 spiro atoms. The number of nitrogens with zero attached hydrogens (tertiary/aromatic N) is 1. The average molecular weight is 325 g/mol. The molecule has 1 N–H and O–H groups in total. The van der Waals surface area contributed by atoms with Crippen LogP contribution in [-0.4, -0.2) is 43.1 Å². The molecular weight excluding hydrogens is 300 g/mol. The lowest BCUT2D eigenvalue weighted by molar-refractivity contribution is -0.131. The van der Waals surface area contributed by atoms with E-state index in [1.54, 1.807) is 7.11 Å². The first-order valence-corrected chi connectivity index (χ1v) is 7.92. The summed E-state index contributed by atoms with van der Waals surface area (Å²) in [5, 5.41) is 3.32. The molecule has 22 heavy (non-hydrogen) atoms. The number of carbonyl (C=O) groups is 1. The second-order valence-electron chi connectivity index (χ2n) is 6.05. The minimum absolute atomic E-state index is 0. The van der Waals surface area contributed by atoms with E-state index in [2.05, 4.69) is 16.3 Å². The quantitative estimate of drug-likeness (QED) is 0.873. The highest BCUT2D eigenvalue weighted by Crippen LogP contribution is 2.26. The molecule has 1 aromatic rings. The van der Waals surface area contributed by atoms with Gasteiger partial charge in [0.2, 0.25) is 5.91 Å². The Labute approximate surface area is 138 Å². The summed E-state index contributed by atoms with van der Waals surface area (Å²) >= 11 is 0. The van der Waals surface area contributed by atoms with Gasteiger partial charge in [-0.05, 0) is 43.7 Å². The molecule has 1 unspecified atom stereocenters. The molecule has 2 aliphatic rings. The summed E-state index contributed by atoms with van der Waals surface area (Å²) in [5.74, 6) is 1.17. The molecule has 3 rings (SSSR count). The van der Waals surface area contributed by atoms with Crippen LogP contribution < -0.4 is 10.1 Å². The van der Waals surface area contributed by atoms with E-state index >= 15 is 0 Å². The number of rotatable bonds is 6. The van der Waals surface area contributed by atoms with E-state index in [4.69, 9.17) is 4.74 Å². The fourth-order valence-electron chi connectivity index (χ4n) is 3.12. The molecule has 1 saturated carbocycles. The molecule has 1 saturated heterocycles. The summed E-state index contributed by atoms with van der Waals surface area (Å²) in [6.07, 6.45) is 5.53. The van der Waals surface area contributed by atoms with Gasteiger partial charge in [0.1, 0.15) is 5.75 Å². The van der Waals surface area contributed by atoms with Gasteiger partial charge in [0.25, 0.3) is 0 Å². The van der Waals surface area contributed by atoms with Crippen molar-refractivity contribution in [2.45, 2.75) is 44.2 Å².